The molecule has 66 valence electrons. The highest BCUT2D eigenvalue weighted by atomic mass is 14.2. The molecule has 0 nitrogen and oxygen atoms in total. The Balaban J connectivity index is 4.10. The van der Waals surface area contributed by atoms with Crippen molar-refractivity contribution in [2.24, 2.45) is 11.8 Å². The van der Waals surface area contributed by atoms with Crippen LogP contribution in [0.1, 0.15) is 47.5 Å². The zero-order valence-electron chi connectivity index (χ0n) is 8.65. The molecule has 0 unspecified atom stereocenters. The Morgan fingerprint density at radius 3 is 2.18 bits per heavy atom. The molecule has 0 bridgehead atoms. The predicted molar refractivity (Wildman–Crippen MR) is 52.7 cm³/mol. The first-order valence-electron chi connectivity index (χ1n) is 4.76. The molecular formula is C11H22. The van der Waals surface area contributed by atoms with Gasteiger partial charge in [-0.1, -0.05) is 38.8 Å². The summed E-state index contributed by atoms with van der Waals surface area (Å²) in [5, 5.41) is 0. The molecular weight excluding hydrogens is 132 g/mol. The van der Waals surface area contributed by atoms with E-state index in [-0.39, 0.29) is 0 Å². The topological polar surface area (TPSA) is 0 Å². The molecule has 0 radical (unpaired) electrons. The summed E-state index contributed by atoms with van der Waals surface area (Å²) in [6.07, 6.45) is 4.89. The molecule has 1 atom stereocenters. The summed E-state index contributed by atoms with van der Waals surface area (Å²) in [4.78, 5) is 0. The molecule has 0 saturated carbocycles. The summed E-state index contributed by atoms with van der Waals surface area (Å²) in [6, 6.07) is 0. The first-order chi connectivity index (χ1) is 5.13. The maximum atomic E-state index is 2.31. The van der Waals surface area contributed by atoms with E-state index in [4.69, 9.17) is 0 Å². The van der Waals surface area contributed by atoms with Crippen LogP contribution in [0.2, 0.25) is 0 Å². The van der Waals surface area contributed by atoms with Crippen molar-refractivity contribution >= 4 is 0 Å². The Labute approximate surface area is 71.7 Å². The fourth-order valence-corrected chi connectivity index (χ4v) is 1.61. The molecule has 0 spiro atoms. The second-order valence-electron chi connectivity index (χ2n) is 3.67. The van der Waals surface area contributed by atoms with Crippen LogP contribution in [0.3, 0.4) is 0 Å². The van der Waals surface area contributed by atoms with Gasteiger partial charge >= 0.3 is 0 Å². The maximum absolute atomic E-state index is 2.31. The summed E-state index contributed by atoms with van der Waals surface area (Å²) < 4.78 is 0. The fraction of sp³-hybridized carbons (Fsp3) is 0.818. The lowest BCUT2D eigenvalue weighted by molar-refractivity contribution is 0.410. The van der Waals surface area contributed by atoms with Crippen molar-refractivity contribution in [1.29, 1.82) is 0 Å². The predicted octanol–water partition coefficient (Wildman–Crippen LogP) is 4.02. The third-order valence-corrected chi connectivity index (χ3v) is 2.44. The Hall–Kier alpha value is -0.260. The van der Waals surface area contributed by atoms with Gasteiger partial charge in [0.25, 0.3) is 0 Å². The molecule has 0 N–H and O–H groups in total. The fourth-order valence-electron chi connectivity index (χ4n) is 1.61. The van der Waals surface area contributed by atoms with E-state index >= 15 is 0 Å². The Morgan fingerprint density at radius 1 is 1.36 bits per heavy atom. The molecule has 0 saturated heterocycles. The molecule has 0 aromatic carbocycles. The van der Waals surface area contributed by atoms with Gasteiger partial charge in [-0.05, 0) is 32.1 Å². The van der Waals surface area contributed by atoms with E-state index in [2.05, 4.69) is 40.7 Å². The van der Waals surface area contributed by atoms with E-state index in [1.165, 1.54) is 12.8 Å². The van der Waals surface area contributed by atoms with Gasteiger partial charge in [-0.2, -0.15) is 0 Å². The average Bonchev–Trinajstić information content (AvgIpc) is 1.98. The van der Waals surface area contributed by atoms with E-state index in [1.807, 2.05) is 0 Å². The number of hydrogen-bond donors (Lipinski definition) is 0. The van der Waals surface area contributed by atoms with Crippen LogP contribution in [-0.2, 0) is 0 Å². The minimum absolute atomic E-state index is 0.797. The van der Waals surface area contributed by atoms with Crippen molar-refractivity contribution in [3.05, 3.63) is 11.6 Å². The normalized spacial score (nSPS) is 15.6. The molecule has 0 aromatic heterocycles. The third kappa shape index (κ3) is 3.60. The minimum atomic E-state index is 0.797. The SMILES string of the molecule is C/C=C(/C)[C@@H](CCC)C(C)C. The van der Waals surface area contributed by atoms with Gasteiger partial charge in [-0.25, -0.2) is 0 Å². The van der Waals surface area contributed by atoms with Crippen LogP contribution in [0.25, 0.3) is 0 Å². The van der Waals surface area contributed by atoms with E-state index in [1.54, 1.807) is 5.57 Å². The highest BCUT2D eigenvalue weighted by Gasteiger charge is 2.12. The quantitative estimate of drug-likeness (QED) is 0.536. The van der Waals surface area contributed by atoms with Gasteiger partial charge in [0, 0.05) is 0 Å². The van der Waals surface area contributed by atoms with Crippen LogP contribution in [0.5, 0.6) is 0 Å². The molecule has 11 heavy (non-hydrogen) atoms. The second kappa shape index (κ2) is 5.40. The van der Waals surface area contributed by atoms with Crippen molar-refractivity contribution in [3.8, 4) is 0 Å². The highest BCUT2D eigenvalue weighted by Crippen LogP contribution is 2.24. The molecule has 0 amide bonds. The lowest BCUT2D eigenvalue weighted by atomic mass is 9.85. The molecule has 0 aliphatic rings. The summed E-state index contributed by atoms with van der Waals surface area (Å²) in [6.45, 7) is 11.3. The van der Waals surface area contributed by atoms with Crippen molar-refractivity contribution < 1.29 is 0 Å². The first kappa shape index (κ1) is 10.7. The van der Waals surface area contributed by atoms with Crippen molar-refractivity contribution in [2.45, 2.75) is 47.5 Å². The lowest BCUT2D eigenvalue weighted by Gasteiger charge is -2.20. The zero-order valence-corrected chi connectivity index (χ0v) is 8.65. The van der Waals surface area contributed by atoms with Gasteiger partial charge in [0.15, 0.2) is 0 Å². The number of allylic oxidation sites excluding steroid dienone is 2. The third-order valence-electron chi connectivity index (χ3n) is 2.44. The first-order valence-corrected chi connectivity index (χ1v) is 4.76. The van der Waals surface area contributed by atoms with Gasteiger partial charge in [0.2, 0.25) is 0 Å². The Kier molecular flexibility index (Phi) is 5.27. The van der Waals surface area contributed by atoms with Crippen LogP contribution in [-0.4, -0.2) is 0 Å². The summed E-state index contributed by atoms with van der Waals surface area (Å²) >= 11 is 0. The van der Waals surface area contributed by atoms with E-state index < -0.39 is 0 Å². The Bertz CT molecular complexity index is 120. The zero-order chi connectivity index (χ0) is 8.85. The van der Waals surface area contributed by atoms with Gasteiger partial charge in [-0.15, -0.1) is 0 Å². The lowest BCUT2D eigenvalue weighted by Crippen LogP contribution is -2.09. The largest absolute Gasteiger partial charge is 0.0884 e. The van der Waals surface area contributed by atoms with Crippen LogP contribution in [0.15, 0.2) is 11.6 Å². The number of rotatable bonds is 4. The monoisotopic (exact) mass is 154 g/mol. The second-order valence-corrected chi connectivity index (χ2v) is 3.67. The van der Waals surface area contributed by atoms with Gasteiger partial charge in [0.05, 0.1) is 0 Å². The van der Waals surface area contributed by atoms with Crippen LogP contribution in [0, 0.1) is 11.8 Å². The van der Waals surface area contributed by atoms with E-state index in [0.717, 1.165) is 11.8 Å². The van der Waals surface area contributed by atoms with Crippen molar-refractivity contribution in [3.63, 3.8) is 0 Å². The molecule has 0 aliphatic heterocycles. The Morgan fingerprint density at radius 2 is 1.91 bits per heavy atom. The average molecular weight is 154 g/mol. The van der Waals surface area contributed by atoms with Gasteiger partial charge in [0.1, 0.15) is 0 Å². The van der Waals surface area contributed by atoms with Gasteiger partial charge < -0.3 is 0 Å². The molecule has 0 heterocycles. The standard InChI is InChI=1S/C11H22/c1-6-8-11(9(3)4)10(5)7-2/h7,9,11H,6,8H2,1-5H3/b10-7-/t11-/m0/s1. The molecule has 0 rings (SSSR count). The highest BCUT2D eigenvalue weighted by molar-refractivity contribution is 5.02. The van der Waals surface area contributed by atoms with Crippen molar-refractivity contribution in [2.75, 3.05) is 0 Å². The van der Waals surface area contributed by atoms with Crippen LogP contribution < -0.4 is 0 Å². The van der Waals surface area contributed by atoms with E-state index in [0.29, 0.717) is 0 Å². The van der Waals surface area contributed by atoms with Crippen LogP contribution >= 0.6 is 0 Å². The summed E-state index contributed by atoms with van der Waals surface area (Å²) in [5.41, 5.74) is 1.56. The molecule has 0 aromatic rings. The smallest absolute Gasteiger partial charge is 0.0183 e. The molecule has 0 aliphatic carbocycles. The van der Waals surface area contributed by atoms with Gasteiger partial charge in [-0.3, -0.25) is 0 Å². The van der Waals surface area contributed by atoms with E-state index in [9.17, 15) is 0 Å². The summed E-state index contributed by atoms with van der Waals surface area (Å²) in [5.74, 6) is 1.61. The number of hydrogen-bond acceptors (Lipinski definition) is 0. The minimum Gasteiger partial charge on any atom is -0.0884 e. The molecule has 0 fully saturated rings. The van der Waals surface area contributed by atoms with Crippen molar-refractivity contribution in [1.82, 2.24) is 0 Å². The molecule has 0 heteroatoms. The maximum Gasteiger partial charge on any atom is -0.0183 e. The van der Waals surface area contributed by atoms with Crippen LogP contribution in [0.4, 0.5) is 0 Å². The summed E-state index contributed by atoms with van der Waals surface area (Å²) in [7, 11) is 0.